The molecule has 23 heavy (non-hydrogen) atoms. The molecule has 0 aliphatic heterocycles. The van der Waals surface area contributed by atoms with Crippen LogP contribution in [0, 0.1) is 13.0 Å². The van der Waals surface area contributed by atoms with Crippen LogP contribution < -0.4 is 0 Å². The van der Waals surface area contributed by atoms with Gasteiger partial charge < -0.3 is 4.40 Å². The molecule has 0 saturated carbocycles. The molecule has 2 aromatic carbocycles. The summed E-state index contributed by atoms with van der Waals surface area (Å²) >= 11 is 0. The SMILES string of the molecule is Cc1[c-]c2c(cc1)nc(C(C)(C)C)n1c3ccccc3nc21.[Ir]. The largest absolute Gasteiger partial charge is 0.321 e. The fourth-order valence-corrected chi connectivity index (χ4v) is 2.93. The fourth-order valence-electron chi connectivity index (χ4n) is 2.93. The van der Waals surface area contributed by atoms with Crippen molar-refractivity contribution in [1.82, 2.24) is 14.4 Å². The van der Waals surface area contributed by atoms with Gasteiger partial charge in [0.25, 0.3) is 0 Å². The van der Waals surface area contributed by atoms with E-state index in [1.807, 2.05) is 12.1 Å². The van der Waals surface area contributed by atoms with E-state index in [2.05, 4.69) is 62.4 Å². The van der Waals surface area contributed by atoms with E-state index in [4.69, 9.17) is 9.97 Å². The van der Waals surface area contributed by atoms with Crippen LogP contribution in [0.4, 0.5) is 0 Å². The Kier molecular flexibility index (Phi) is 3.78. The van der Waals surface area contributed by atoms with Crippen molar-refractivity contribution >= 4 is 27.6 Å². The van der Waals surface area contributed by atoms with E-state index in [0.29, 0.717) is 0 Å². The molecule has 0 saturated heterocycles. The number of benzene rings is 2. The van der Waals surface area contributed by atoms with Gasteiger partial charge in [0.1, 0.15) is 5.82 Å². The molecule has 119 valence electrons. The summed E-state index contributed by atoms with van der Waals surface area (Å²) in [6.45, 7) is 8.62. The van der Waals surface area contributed by atoms with Crippen molar-refractivity contribution in [2.45, 2.75) is 33.1 Å². The Balaban J connectivity index is 0.00000156. The molecule has 0 fully saturated rings. The molecule has 3 nitrogen and oxygen atoms in total. The molecular weight excluding hydrogens is 462 g/mol. The second-order valence-corrected chi connectivity index (χ2v) is 6.85. The smallest absolute Gasteiger partial charge is 0.102 e. The molecule has 0 aliphatic carbocycles. The van der Waals surface area contributed by atoms with Crippen molar-refractivity contribution < 1.29 is 20.1 Å². The third-order valence-corrected chi connectivity index (χ3v) is 3.96. The van der Waals surface area contributed by atoms with Crippen LogP contribution in [-0.4, -0.2) is 14.4 Å². The van der Waals surface area contributed by atoms with Gasteiger partial charge in [0.15, 0.2) is 0 Å². The van der Waals surface area contributed by atoms with E-state index >= 15 is 0 Å². The number of hydrogen-bond donors (Lipinski definition) is 0. The summed E-state index contributed by atoms with van der Waals surface area (Å²) < 4.78 is 2.19. The third-order valence-electron chi connectivity index (χ3n) is 3.96. The van der Waals surface area contributed by atoms with Crippen LogP contribution in [0.1, 0.15) is 32.2 Å². The average Bonchev–Trinajstić information content (AvgIpc) is 2.85. The zero-order valence-electron chi connectivity index (χ0n) is 13.6. The number of imidazole rings is 1. The Bertz CT molecular complexity index is 1030. The predicted molar refractivity (Wildman–Crippen MR) is 90.3 cm³/mol. The van der Waals surface area contributed by atoms with E-state index in [0.717, 1.165) is 39.0 Å². The molecule has 4 heteroatoms. The summed E-state index contributed by atoms with van der Waals surface area (Å²) in [6, 6.07) is 15.8. The van der Waals surface area contributed by atoms with Crippen LogP contribution in [0.15, 0.2) is 36.4 Å². The van der Waals surface area contributed by atoms with Crippen molar-refractivity contribution in [2.24, 2.45) is 0 Å². The van der Waals surface area contributed by atoms with Gasteiger partial charge in [-0.3, -0.25) is 9.97 Å². The molecule has 0 N–H and O–H groups in total. The molecule has 4 rings (SSSR count). The topological polar surface area (TPSA) is 30.2 Å². The van der Waals surface area contributed by atoms with Gasteiger partial charge in [-0.2, -0.15) is 0 Å². The fraction of sp³-hybridized carbons (Fsp3) is 0.263. The summed E-state index contributed by atoms with van der Waals surface area (Å²) in [5.74, 6) is 1.03. The first-order chi connectivity index (χ1) is 10.4. The molecule has 0 bridgehead atoms. The van der Waals surface area contributed by atoms with E-state index < -0.39 is 0 Å². The zero-order valence-corrected chi connectivity index (χ0v) is 16.0. The molecule has 4 aromatic rings. The van der Waals surface area contributed by atoms with Gasteiger partial charge in [-0.25, -0.2) is 0 Å². The first-order valence-corrected chi connectivity index (χ1v) is 7.55. The van der Waals surface area contributed by atoms with Crippen molar-refractivity contribution in [1.29, 1.82) is 0 Å². The quantitative estimate of drug-likeness (QED) is 0.349. The molecule has 0 aliphatic rings. The Morgan fingerprint density at radius 1 is 0.957 bits per heavy atom. The van der Waals surface area contributed by atoms with Crippen molar-refractivity contribution in [3.63, 3.8) is 0 Å². The molecule has 2 aromatic heterocycles. The molecule has 2 heterocycles. The normalized spacial score (nSPS) is 12.0. The summed E-state index contributed by atoms with van der Waals surface area (Å²) in [6.07, 6.45) is 0. The third kappa shape index (κ3) is 2.46. The number of aromatic nitrogens is 3. The maximum Gasteiger partial charge on any atom is 0.102 e. The Hall–Kier alpha value is -1.77. The van der Waals surface area contributed by atoms with E-state index in [1.165, 1.54) is 0 Å². The number of aryl methyl sites for hydroxylation is 1. The molecule has 1 radical (unpaired) electrons. The number of nitrogens with zero attached hydrogens (tertiary/aromatic N) is 3. The first kappa shape index (κ1) is 16.1. The number of para-hydroxylation sites is 2. The maximum atomic E-state index is 4.93. The number of rotatable bonds is 0. The van der Waals surface area contributed by atoms with Crippen LogP contribution in [-0.2, 0) is 25.5 Å². The standard InChI is InChI=1S/C19H18N3.Ir/c1-12-9-10-14-13(11-12)17-20-15-7-5-6-8-16(15)22(17)18(21-14)19(2,3)4;/h5-10H,1-4H3;/q-1;. The molecule has 0 amide bonds. The second-order valence-electron chi connectivity index (χ2n) is 6.85. The molecule has 0 atom stereocenters. The summed E-state index contributed by atoms with van der Waals surface area (Å²) in [7, 11) is 0. The van der Waals surface area contributed by atoms with E-state index in [9.17, 15) is 0 Å². The van der Waals surface area contributed by atoms with Crippen LogP contribution in [0.3, 0.4) is 0 Å². The van der Waals surface area contributed by atoms with Gasteiger partial charge in [0, 0.05) is 25.5 Å². The van der Waals surface area contributed by atoms with Crippen molar-refractivity contribution in [3.8, 4) is 0 Å². The van der Waals surface area contributed by atoms with Gasteiger partial charge in [-0.1, -0.05) is 45.2 Å². The molecule has 0 spiro atoms. The van der Waals surface area contributed by atoms with Gasteiger partial charge in [0.05, 0.1) is 16.7 Å². The Morgan fingerprint density at radius 3 is 2.43 bits per heavy atom. The summed E-state index contributed by atoms with van der Waals surface area (Å²) in [5, 5.41) is 0.990. The van der Waals surface area contributed by atoms with Crippen LogP contribution in [0.2, 0.25) is 0 Å². The monoisotopic (exact) mass is 481 g/mol. The summed E-state index contributed by atoms with van der Waals surface area (Å²) in [4.78, 5) is 9.78. The van der Waals surface area contributed by atoms with E-state index in [1.54, 1.807) is 0 Å². The van der Waals surface area contributed by atoms with Crippen molar-refractivity contribution in [3.05, 3.63) is 53.9 Å². The molecule has 0 unspecified atom stereocenters. The van der Waals surface area contributed by atoms with Gasteiger partial charge >= 0.3 is 0 Å². The summed E-state index contributed by atoms with van der Waals surface area (Å²) in [5.41, 5.74) is 5.04. The average molecular weight is 481 g/mol. The zero-order chi connectivity index (χ0) is 15.5. The maximum absolute atomic E-state index is 4.93. The first-order valence-electron chi connectivity index (χ1n) is 7.55. The molecular formula is C19H18IrN3-. The van der Waals surface area contributed by atoms with Crippen molar-refractivity contribution in [2.75, 3.05) is 0 Å². The minimum atomic E-state index is -0.0687. The number of fused-ring (bicyclic) bond motifs is 5. The van der Waals surface area contributed by atoms with Crippen LogP contribution >= 0.6 is 0 Å². The van der Waals surface area contributed by atoms with Crippen LogP contribution in [0.5, 0.6) is 0 Å². The predicted octanol–water partition coefficient (Wildman–Crippen LogP) is 4.44. The van der Waals surface area contributed by atoms with Gasteiger partial charge in [0.2, 0.25) is 0 Å². The Morgan fingerprint density at radius 2 is 1.70 bits per heavy atom. The minimum Gasteiger partial charge on any atom is -0.321 e. The van der Waals surface area contributed by atoms with Gasteiger partial charge in [-0.05, 0) is 17.6 Å². The minimum absolute atomic E-state index is 0. The Labute approximate surface area is 149 Å². The number of hydrogen-bond acceptors (Lipinski definition) is 2. The van der Waals surface area contributed by atoms with Crippen LogP contribution in [0.25, 0.3) is 27.6 Å². The van der Waals surface area contributed by atoms with Gasteiger partial charge in [-0.15, -0.1) is 23.8 Å². The second kappa shape index (κ2) is 5.40. The van der Waals surface area contributed by atoms with E-state index in [-0.39, 0.29) is 25.5 Å².